The lowest BCUT2D eigenvalue weighted by Gasteiger charge is -2.29. The first-order chi connectivity index (χ1) is 11.8. The highest BCUT2D eigenvalue weighted by Gasteiger charge is 2.40. The molecule has 6 nitrogen and oxygen atoms in total. The fourth-order valence-corrected chi connectivity index (χ4v) is 3.51. The van der Waals surface area contributed by atoms with Crippen LogP contribution in [0.25, 0.3) is 0 Å². The Morgan fingerprint density at radius 1 is 1.04 bits per heavy atom. The van der Waals surface area contributed by atoms with Crippen LogP contribution in [0, 0.1) is 0 Å². The van der Waals surface area contributed by atoms with Crippen molar-refractivity contribution in [2.45, 2.75) is 64.5 Å². The third-order valence-electron chi connectivity index (χ3n) is 4.60. The van der Waals surface area contributed by atoms with Gasteiger partial charge >= 0.3 is 6.03 Å². The minimum atomic E-state index is -0.357. The molecule has 1 saturated carbocycles. The van der Waals surface area contributed by atoms with Gasteiger partial charge in [-0.2, -0.15) is 0 Å². The number of urea groups is 1. The van der Waals surface area contributed by atoms with Crippen LogP contribution in [0.1, 0.15) is 73.6 Å². The quantitative estimate of drug-likeness (QED) is 0.806. The normalized spacial score (nSPS) is 18.3. The van der Waals surface area contributed by atoms with Crippen LogP contribution in [0.15, 0.2) is 18.2 Å². The van der Waals surface area contributed by atoms with Crippen LogP contribution in [0.4, 0.5) is 10.5 Å². The van der Waals surface area contributed by atoms with Gasteiger partial charge in [-0.05, 0) is 51.8 Å². The number of benzene rings is 1. The number of hydrogen-bond donors (Lipinski definition) is 2. The fraction of sp³-hybridized carbons (Fsp3) is 0.526. The van der Waals surface area contributed by atoms with Crippen molar-refractivity contribution in [2.24, 2.45) is 0 Å². The molecule has 1 fully saturated rings. The van der Waals surface area contributed by atoms with Gasteiger partial charge in [-0.25, -0.2) is 4.79 Å². The summed E-state index contributed by atoms with van der Waals surface area (Å²) in [7, 11) is 0. The van der Waals surface area contributed by atoms with Crippen LogP contribution in [0.2, 0.25) is 0 Å². The molecule has 0 aromatic heterocycles. The summed E-state index contributed by atoms with van der Waals surface area (Å²) in [6, 6.07) is 4.55. The number of nitrogens with zero attached hydrogens (tertiary/aromatic N) is 1. The van der Waals surface area contributed by atoms with Crippen molar-refractivity contribution in [2.75, 3.05) is 5.32 Å². The molecule has 4 amide bonds. The molecule has 2 N–H and O–H groups in total. The van der Waals surface area contributed by atoms with Crippen LogP contribution in [0.3, 0.4) is 0 Å². The van der Waals surface area contributed by atoms with E-state index in [1.807, 2.05) is 20.8 Å². The maximum atomic E-state index is 12.7. The summed E-state index contributed by atoms with van der Waals surface area (Å²) >= 11 is 0. The van der Waals surface area contributed by atoms with Crippen LogP contribution in [-0.4, -0.2) is 34.3 Å². The van der Waals surface area contributed by atoms with E-state index < -0.39 is 0 Å². The molecule has 0 spiro atoms. The number of imide groups is 1. The molecule has 0 saturated heterocycles. The molecule has 1 aliphatic heterocycles. The molecule has 134 valence electrons. The summed E-state index contributed by atoms with van der Waals surface area (Å²) in [6.07, 6.45) is 5.03. The maximum Gasteiger partial charge on any atom is 0.319 e. The first-order valence-electron chi connectivity index (χ1n) is 8.87. The standard InChI is InChI=1S/C19H25N3O3/c1-19(2,3)21-18(25)20-12-9-10-14-15(11-12)17(24)22(16(14)23)13-7-5-4-6-8-13/h9-11,13H,4-8H2,1-3H3,(H2,20,21,25). The number of carbonyl (C=O) groups is 3. The molecule has 1 aromatic rings. The Balaban J connectivity index is 1.78. The highest BCUT2D eigenvalue weighted by atomic mass is 16.2. The molecular formula is C19H25N3O3. The predicted octanol–water partition coefficient (Wildman–Crippen LogP) is 3.54. The maximum absolute atomic E-state index is 12.7. The van der Waals surface area contributed by atoms with Crippen LogP contribution < -0.4 is 10.6 Å². The molecule has 0 unspecified atom stereocenters. The van der Waals surface area contributed by atoms with Crippen molar-refractivity contribution in [3.05, 3.63) is 29.3 Å². The molecule has 2 aliphatic rings. The van der Waals surface area contributed by atoms with Crippen molar-refractivity contribution in [3.63, 3.8) is 0 Å². The van der Waals surface area contributed by atoms with Gasteiger partial charge in [0.15, 0.2) is 0 Å². The molecule has 3 rings (SSSR count). The zero-order chi connectivity index (χ0) is 18.2. The molecule has 1 heterocycles. The molecule has 0 bridgehead atoms. The minimum absolute atomic E-state index is 0.00162. The predicted molar refractivity (Wildman–Crippen MR) is 95.7 cm³/mol. The van der Waals surface area contributed by atoms with E-state index in [0.29, 0.717) is 16.8 Å². The van der Waals surface area contributed by atoms with Gasteiger partial charge in [-0.15, -0.1) is 0 Å². The smallest absolute Gasteiger partial charge is 0.319 e. The van der Waals surface area contributed by atoms with Gasteiger partial charge in [0.2, 0.25) is 0 Å². The molecule has 1 aromatic carbocycles. The molecule has 1 aliphatic carbocycles. The lowest BCUT2D eigenvalue weighted by atomic mass is 9.94. The van der Waals surface area contributed by atoms with Crippen molar-refractivity contribution in [3.8, 4) is 0 Å². The average Bonchev–Trinajstić information content (AvgIpc) is 2.77. The van der Waals surface area contributed by atoms with Crippen molar-refractivity contribution >= 4 is 23.5 Å². The Morgan fingerprint density at radius 3 is 2.32 bits per heavy atom. The van der Waals surface area contributed by atoms with E-state index in [4.69, 9.17) is 0 Å². The highest BCUT2D eigenvalue weighted by molar-refractivity contribution is 6.22. The van der Waals surface area contributed by atoms with Gasteiger partial charge in [0.1, 0.15) is 0 Å². The van der Waals surface area contributed by atoms with Crippen LogP contribution >= 0.6 is 0 Å². The Kier molecular flexibility index (Phi) is 4.54. The summed E-state index contributed by atoms with van der Waals surface area (Å²) in [4.78, 5) is 38.8. The first-order valence-corrected chi connectivity index (χ1v) is 8.87. The van der Waals surface area contributed by atoms with Gasteiger partial charge in [-0.1, -0.05) is 19.3 Å². The van der Waals surface area contributed by atoms with E-state index in [-0.39, 0.29) is 29.4 Å². The zero-order valence-corrected chi connectivity index (χ0v) is 15.0. The largest absolute Gasteiger partial charge is 0.333 e. The lowest BCUT2D eigenvalue weighted by Crippen LogP contribution is -2.43. The monoisotopic (exact) mass is 343 g/mol. The van der Waals surface area contributed by atoms with E-state index in [2.05, 4.69) is 10.6 Å². The number of anilines is 1. The van der Waals surface area contributed by atoms with Gasteiger partial charge in [-0.3, -0.25) is 14.5 Å². The van der Waals surface area contributed by atoms with Gasteiger partial charge in [0.05, 0.1) is 11.1 Å². The number of nitrogens with one attached hydrogen (secondary N) is 2. The van der Waals surface area contributed by atoms with Crippen LogP contribution in [0.5, 0.6) is 0 Å². The van der Waals surface area contributed by atoms with E-state index >= 15 is 0 Å². The second-order valence-electron chi connectivity index (χ2n) is 7.86. The summed E-state index contributed by atoms with van der Waals surface area (Å²) in [5.74, 6) is -0.454. The third kappa shape index (κ3) is 3.67. The Bertz CT molecular complexity index is 715. The number of hydrogen-bond acceptors (Lipinski definition) is 3. The second kappa shape index (κ2) is 6.50. The summed E-state index contributed by atoms with van der Waals surface area (Å²) in [5.41, 5.74) is 0.957. The summed E-state index contributed by atoms with van der Waals surface area (Å²) in [5, 5.41) is 5.53. The average molecular weight is 343 g/mol. The molecule has 0 atom stereocenters. The van der Waals surface area contributed by atoms with E-state index in [0.717, 1.165) is 32.1 Å². The van der Waals surface area contributed by atoms with Crippen molar-refractivity contribution < 1.29 is 14.4 Å². The van der Waals surface area contributed by atoms with Gasteiger partial charge < -0.3 is 10.6 Å². The molecule has 6 heteroatoms. The Labute approximate surface area is 148 Å². The zero-order valence-electron chi connectivity index (χ0n) is 15.0. The number of amides is 4. The van der Waals surface area contributed by atoms with Gasteiger partial charge in [0.25, 0.3) is 11.8 Å². The number of carbonyl (C=O) groups excluding carboxylic acids is 3. The highest BCUT2D eigenvalue weighted by Crippen LogP contribution is 2.32. The molecular weight excluding hydrogens is 318 g/mol. The Hall–Kier alpha value is -2.37. The van der Waals surface area contributed by atoms with Crippen LogP contribution in [-0.2, 0) is 0 Å². The number of rotatable bonds is 2. The number of fused-ring (bicyclic) bond motifs is 1. The van der Waals surface area contributed by atoms with Gasteiger partial charge in [0, 0.05) is 17.3 Å². The topological polar surface area (TPSA) is 78.5 Å². The SMILES string of the molecule is CC(C)(C)NC(=O)Nc1ccc2c(c1)C(=O)N(C1CCCCC1)C2=O. The minimum Gasteiger partial charge on any atom is -0.333 e. The second-order valence-corrected chi connectivity index (χ2v) is 7.86. The lowest BCUT2D eigenvalue weighted by molar-refractivity contribution is 0.0549. The molecule has 25 heavy (non-hydrogen) atoms. The third-order valence-corrected chi connectivity index (χ3v) is 4.60. The van der Waals surface area contributed by atoms with E-state index in [1.54, 1.807) is 18.2 Å². The van der Waals surface area contributed by atoms with E-state index in [1.165, 1.54) is 4.90 Å². The van der Waals surface area contributed by atoms with Crippen molar-refractivity contribution in [1.29, 1.82) is 0 Å². The summed E-state index contributed by atoms with van der Waals surface area (Å²) in [6.45, 7) is 5.67. The fourth-order valence-electron chi connectivity index (χ4n) is 3.51. The summed E-state index contributed by atoms with van der Waals surface area (Å²) < 4.78 is 0. The van der Waals surface area contributed by atoms with Crippen molar-refractivity contribution in [1.82, 2.24) is 10.2 Å². The van der Waals surface area contributed by atoms with E-state index in [9.17, 15) is 14.4 Å². The molecule has 0 radical (unpaired) electrons. The first kappa shape index (κ1) is 17.5. The Morgan fingerprint density at radius 2 is 1.68 bits per heavy atom.